The van der Waals surface area contributed by atoms with E-state index in [1.54, 1.807) is 0 Å². The van der Waals surface area contributed by atoms with Crippen LogP contribution < -0.4 is 0 Å². The SMILES string of the molecule is Cc1cc2ccc3c(C)n[nH]c3c2cn1. The monoisotopic (exact) mass is 197 g/mol. The molecule has 1 aromatic carbocycles. The summed E-state index contributed by atoms with van der Waals surface area (Å²) >= 11 is 0. The predicted molar refractivity (Wildman–Crippen MR) is 60.9 cm³/mol. The fourth-order valence-electron chi connectivity index (χ4n) is 1.95. The van der Waals surface area contributed by atoms with E-state index in [0.717, 1.165) is 22.3 Å². The summed E-state index contributed by atoms with van der Waals surface area (Å²) in [5, 5.41) is 10.8. The molecule has 0 aliphatic rings. The Morgan fingerprint density at radius 1 is 1.13 bits per heavy atom. The lowest BCUT2D eigenvalue weighted by Crippen LogP contribution is -1.82. The van der Waals surface area contributed by atoms with Gasteiger partial charge in [0.15, 0.2) is 0 Å². The minimum Gasteiger partial charge on any atom is -0.277 e. The number of benzene rings is 1. The minimum atomic E-state index is 1.03. The fourth-order valence-corrected chi connectivity index (χ4v) is 1.95. The maximum atomic E-state index is 4.32. The van der Waals surface area contributed by atoms with Crippen LogP contribution in [0.4, 0.5) is 0 Å². The molecule has 2 heterocycles. The molecular weight excluding hydrogens is 186 g/mol. The molecular formula is C12H11N3. The van der Waals surface area contributed by atoms with E-state index in [4.69, 9.17) is 0 Å². The van der Waals surface area contributed by atoms with Gasteiger partial charge in [-0.15, -0.1) is 0 Å². The van der Waals surface area contributed by atoms with Gasteiger partial charge in [0.25, 0.3) is 0 Å². The van der Waals surface area contributed by atoms with Gasteiger partial charge in [-0.1, -0.05) is 12.1 Å². The molecule has 74 valence electrons. The van der Waals surface area contributed by atoms with E-state index in [1.807, 2.05) is 20.0 Å². The number of fused-ring (bicyclic) bond motifs is 3. The van der Waals surface area contributed by atoms with Crippen molar-refractivity contribution < 1.29 is 0 Å². The second-order valence-corrected chi connectivity index (χ2v) is 3.84. The van der Waals surface area contributed by atoms with E-state index in [-0.39, 0.29) is 0 Å². The molecule has 0 spiro atoms. The van der Waals surface area contributed by atoms with Crippen LogP contribution in [0.2, 0.25) is 0 Å². The van der Waals surface area contributed by atoms with Crippen LogP contribution in [0.25, 0.3) is 21.7 Å². The van der Waals surface area contributed by atoms with Crippen molar-refractivity contribution >= 4 is 21.7 Å². The molecule has 0 unspecified atom stereocenters. The van der Waals surface area contributed by atoms with Gasteiger partial charge in [-0.05, 0) is 25.3 Å². The van der Waals surface area contributed by atoms with Crippen molar-refractivity contribution in [3.05, 3.63) is 35.8 Å². The zero-order valence-corrected chi connectivity index (χ0v) is 8.70. The second kappa shape index (κ2) is 2.79. The van der Waals surface area contributed by atoms with E-state index < -0.39 is 0 Å². The van der Waals surface area contributed by atoms with Crippen LogP contribution in [0.5, 0.6) is 0 Å². The quantitative estimate of drug-likeness (QED) is 0.602. The summed E-state index contributed by atoms with van der Waals surface area (Å²) < 4.78 is 0. The van der Waals surface area contributed by atoms with Crippen molar-refractivity contribution in [3.63, 3.8) is 0 Å². The van der Waals surface area contributed by atoms with Crippen LogP contribution in [0.3, 0.4) is 0 Å². The first-order valence-electron chi connectivity index (χ1n) is 4.96. The fraction of sp³-hybridized carbons (Fsp3) is 0.167. The predicted octanol–water partition coefficient (Wildman–Crippen LogP) is 2.73. The Balaban J connectivity index is 2.55. The molecule has 0 saturated carbocycles. The Kier molecular flexibility index (Phi) is 1.57. The number of nitrogens with zero attached hydrogens (tertiary/aromatic N) is 2. The molecule has 1 N–H and O–H groups in total. The van der Waals surface area contributed by atoms with E-state index in [2.05, 4.69) is 33.4 Å². The highest BCUT2D eigenvalue weighted by Crippen LogP contribution is 2.24. The van der Waals surface area contributed by atoms with Gasteiger partial charge in [-0.3, -0.25) is 10.1 Å². The number of pyridine rings is 1. The van der Waals surface area contributed by atoms with Gasteiger partial charge < -0.3 is 0 Å². The zero-order chi connectivity index (χ0) is 10.4. The summed E-state index contributed by atoms with van der Waals surface area (Å²) in [7, 11) is 0. The zero-order valence-electron chi connectivity index (χ0n) is 8.70. The van der Waals surface area contributed by atoms with Crippen molar-refractivity contribution in [3.8, 4) is 0 Å². The Labute approximate surface area is 87.1 Å². The summed E-state index contributed by atoms with van der Waals surface area (Å²) in [4.78, 5) is 4.32. The highest BCUT2D eigenvalue weighted by molar-refractivity contribution is 6.05. The molecule has 0 amide bonds. The average molecular weight is 197 g/mol. The second-order valence-electron chi connectivity index (χ2n) is 3.84. The molecule has 0 saturated heterocycles. The summed E-state index contributed by atoms with van der Waals surface area (Å²) in [5.74, 6) is 0. The van der Waals surface area contributed by atoms with Crippen LogP contribution in [-0.4, -0.2) is 15.2 Å². The number of aryl methyl sites for hydroxylation is 2. The van der Waals surface area contributed by atoms with Gasteiger partial charge in [0, 0.05) is 22.7 Å². The molecule has 2 aromatic heterocycles. The van der Waals surface area contributed by atoms with Crippen LogP contribution in [-0.2, 0) is 0 Å². The van der Waals surface area contributed by atoms with Crippen molar-refractivity contribution in [1.29, 1.82) is 0 Å². The van der Waals surface area contributed by atoms with Crippen molar-refractivity contribution in [2.24, 2.45) is 0 Å². The summed E-state index contributed by atoms with van der Waals surface area (Å²) in [6.45, 7) is 4.01. The maximum absolute atomic E-state index is 4.32. The van der Waals surface area contributed by atoms with Crippen LogP contribution in [0.15, 0.2) is 24.4 Å². The lowest BCUT2D eigenvalue weighted by atomic mass is 10.1. The summed E-state index contributed by atoms with van der Waals surface area (Å²) in [6.07, 6.45) is 1.91. The molecule has 3 aromatic rings. The average Bonchev–Trinajstić information content (AvgIpc) is 2.60. The van der Waals surface area contributed by atoms with Crippen molar-refractivity contribution in [2.75, 3.05) is 0 Å². The Bertz CT molecular complexity index is 652. The number of H-pyrrole nitrogens is 1. The molecule has 0 bridgehead atoms. The summed E-state index contributed by atoms with van der Waals surface area (Å²) in [5.41, 5.74) is 3.16. The highest BCUT2D eigenvalue weighted by Gasteiger charge is 2.05. The molecule has 3 nitrogen and oxygen atoms in total. The Morgan fingerprint density at radius 2 is 2.00 bits per heavy atom. The maximum Gasteiger partial charge on any atom is 0.0747 e. The van der Waals surface area contributed by atoms with E-state index in [9.17, 15) is 0 Å². The van der Waals surface area contributed by atoms with Gasteiger partial charge in [0.05, 0.1) is 11.2 Å². The van der Waals surface area contributed by atoms with Gasteiger partial charge in [0.2, 0.25) is 0 Å². The number of rotatable bonds is 0. The van der Waals surface area contributed by atoms with E-state index in [1.165, 1.54) is 10.8 Å². The van der Waals surface area contributed by atoms with Crippen LogP contribution in [0, 0.1) is 13.8 Å². The molecule has 3 rings (SSSR count). The lowest BCUT2D eigenvalue weighted by Gasteiger charge is -1.99. The molecule has 15 heavy (non-hydrogen) atoms. The van der Waals surface area contributed by atoms with Gasteiger partial charge in [0.1, 0.15) is 0 Å². The van der Waals surface area contributed by atoms with Crippen molar-refractivity contribution in [1.82, 2.24) is 15.2 Å². The number of aromatic nitrogens is 3. The van der Waals surface area contributed by atoms with Crippen LogP contribution in [0.1, 0.15) is 11.4 Å². The number of hydrogen-bond donors (Lipinski definition) is 1. The third-order valence-electron chi connectivity index (χ3n) is 2.77. The van der Waals surface area contributed by atoms with Crippen molar-refractivity contribution in [2.45, 2.75) is 13.8 Å². The summed E-state index contributed by atoms with van der Waals surface area (Å²) in [6, 6.07) is 6.32. The van der Waals surface area contributed by atoms with Gasteiger partial charge >= 0.3 is 0 Å². The number of nitrogens with one attached hydrogen (secondary N) is 1. The van der Waals surface area contributed by atoms with Crippen LogP contribution >= 0.6 is 0 Å². The topological polar surface area (TPSA) is 41.6 Å². The molecule has 0 aliphatic heterocycles. The Morgan fingerprint density at radius 3 is 2.87 bits per heavy atom. The number of aromatic amines is 1. The third-order valence-corrected chi connectivity index (χ3v) is 2.77. The standard InChI is InChI=1S/C12H11N3/c1-7-5-9-3-4-10-8(2)14-15-12(10)11(9)6-13-7/h3-6H,1-2H3,(H,14,15). The minimum absolute atomic E-state index is 1.03. The first kappa shape index (κ1) is 8.41. The lowest BCUT2D eigenvalue weighted by molar-refractivity contribution is 1.07. The molecule has 3 heteroatoms. The molecule has 0 radical (unpaired) electrons. The largest absolute Gasteiger partial charge is 0.277 e. The smallest absolute Gasteiger partial charge is 0.0747 e. The first-order valence-corrected chi connectivity index (χ1v) is 4.96. The molecule has 0 atom stereocenters. The molecule has 0 aliphatic carbocycles. The Hall–Kier alpha value is -1.90. The normalized spacial score (nSPS) is 11.3. The van der Waals surface area contributed by atoms with E-state index >= 15 is 0 Å². The van der Waals surface area contributed by atoms with E-state index in [0.29, 0.717) is 0 Å². The third kappa shape index (κ3) is 1.13. The number of hydrogen-bond acceptors (Lipinski definition) is 2. The highest BCUT2D eigenvalue weighted by atomic mass is 15.1. The molecule has 0 fully saturated rings. The van der Waals surface area contributed by atoms with Gasteiger partial charge in [-0.25, -0.2) is 0 Å². The first-order chi connectivity index (χ1) is 7.25. The van der Waals surface area contributed by atoms with Gasteiger partial charge in [-0.2, -0.15) is 5.10 Å².